The lowest BCUT2D eigenvalue weighted by Gasteiger charge is -2.27. The lowest BCUT2D eigenvalue weighted by Crippen LogP contribution is -2.40. The van der Waals surface area contributed by atoms with Crippen molar-refractivity contribution < 1.29 is 32.6 Å². The number of hydrogen-bond acceptors (Lipinski definition) is 7. The van der Waals surface area contributed by atoms with Crippen molar-refractivity contribution in [1.29, 1.82) is 0 Å². The molecule has 12 heteroatoms. The van der Waals surface area contributed by atoms with Crippen LogP contribution in [0.3, 0.4) is 0 Å². The molecule has 3 aromatic rings. The van der Waals surface area contributed by atoms with Crippen molar-refractivity contribution in [3.8, 4) is 17.3 Å². The molecular formula is C26H28N4O7S. The summed E-state index contributed by atoms with van der Waals surface area (Å²) < 4.78 is 41.6. The third kappa shape index (κ3) is 5.15. The Hall–Kier alpha value is -3.74. The maximum atomic E-state index is 13.7. The van der Waals surface area contributed by atoms with Crippen molar-refractivity contribution in [3.63, 3.8) is 0 Å². The van der Waals surface area contributed by atoms with Gasteiger partial charge >= 0.3 is 5.97 Å². The Labute approximate surface area is 220 Å². The van der Waals surface area contributed by atoms with E-state index in [-0.39, 0.29) is 65.9 Å². The van der Waals surface area contributed by atoms with Gasteiger partial charge in [-0.05, 0) is 57.0 Å². The highest BCUT2D eigenvalue weighted by Crippen LogP contribution is 2.37. The first-order valence-corrected chi connectivity index (χ1v) is 13.7. The minimum Gasteiger partial charge on any atom is -0.476 e. The number of benzene rings is 2. The summed E-state index contributed by atoms with van der Waals surface area (Å²) in [5, 5.41) is 16.7. The van der Waals surface area contributed by atoms with E-state index in [9.17, 15) is 23.1 Å². The first-order valence-electron chi connectivity index (χ1n) is 12.3. The van der Waals surface area contributed by atoms with Crippen LogP contribution in [-0.2, 0) is 19.6 Å². The number of hydrogen-bond donors (Lipinski definition) is 2. The molecule has 2 fully saturated rings. The summed E-state index contributed by atoms with van der Waals surface area (Å²) in [4.78, 5) is 24.1. The number of nitrogens with zero attached hydrogens (tertiary/aromatic N) is 3. The van der Waals surface area contributed by atoms with Gasteiger partial charge in [-0.1, -0.05) is 17.7 Å². The lowest BCUT2D eigenvalue weighted by molar-refractivity contribution is -0.117. The largest absolute Gasteiger partial charge is 0.476 e. The van der Waals surface area contributed by atoms with Crippen LogP contribution in [0.2, 0.25) is 0 Å². The van der Waals surface area contributed by atoms with E-state index in [0.29, 0.717) is 11.4 Å². The molecule has 0 bridgehead atoms. The van der Waals surface area contributed by atoms with Crippen LogP contribution in [0.5, 0.6) is 11.6 Å². The molecule has 0 atom stereocenters. The second-order valence-corrected chi connectivity index (χ2v) is 11.3. The van der Waals surface area contributed by atoms with Crippen LogP contribution >= 0.6 is 0 Å². The van der Waals surface area contributed by atoms with E-state index in [1.54, 1.807) is 25.1 Å². The first kappa shape index (κ1) is 25.9. The number of aryl methyl sites for hydroxylation is 1. The molecule has 0 spiro atoms. The Balaban J connectivity index is 1.60. The maximum Gasteiger partial charge on any atom is 0.356 e. The van der Waals surface area contributed by atoms with Gasteiger partial charge in [0.1, 0.15) is 10.6 Å². The zero-order valence-electron chi connectivity index (χ0n) is 21.0. The molecule has 1 aromatic heterocycles. The molecule has 2 heterocycles. The number of sulfonamides is 1. The summed E-state index contributed by atoms with van der Waals surface area (Å²) in [6.45, 7) is 4.33. The number of amides is 1. The van der Waals surface area contributed by atoms with Gasteiger partial charge < -0.3 is 19.9 Å². The molecule has 1 aliphatic heterocycles. The molecule has 38 heavy (non-hydrogen) atoms. The van der Waals surface area contributed by atoms with E-state index in [4.69, 9.17) is 9.47 Å². The fourth-order valence-corrected chi connectivity index (χ4v) is 5.70. The summed E-state index contributed by atoms with van der Waals surface area (Å²) in [6.07, 6.45) is 1.61. The highest BCUT2D eigenvalue weighted by atomic mass is 32.2. The van der Waals surface area contributed by atoms with Gasteiger partial charge in [0, 0.05) is 30.3 Å². The molecule has 0 unspecified atom stereocenters. The number of rotatable bonds is 8. The molecule has 2 N–H and O–H groups in total. The van der Waals surface area contributed by atoms with Crippen molar-refractivity contribution in [2.75, 3.05) is 31.6 Å². The number of aromatic nitrogens is 2. The highest BCUT2D eigenvalue weighted by molar-refractivity contribution is 7.89. The Kier molecular flexibility index (Phi) is 6.95. The number of carboxylic acids is 1. The van der Waals surface area contributed by atoms with Crippen molar-refractivity contribution >= 4 is 27.6 Å². The Morgan fingerprint density at radius 2 is 1.76 bits per heavy atom. The predicted molar refractivity (Wildman–Crippen MR) is 137 cm³/mol. The monoisotopic (exact) mass is 540 g/mol. The summed E-state index contributed by atoms with van der Waals surface area (Å²) in [7, 11) is -4.05. The average Bonchev–Trinajstić information content (AvgIpc) is 3.71. The number of morpholine rings is 1. The van der Waals surface area contributed by atoms with Crippen LogP contribution in [0.15, 0.2) is 47.4 Å². The molecule has 11 nitrogen and oxygen atoms in total. The molecular weight excluding hydrogens is 512 g/mol. The Morgan fingerprint density at radius 1 is 1.08 bits per heavy atom. The van der Waals surface area contributed by atoms with Gasteiger partial charge in [-0.15, -0.1) is 0 Å². The van der Waals surface area contributed by atoms with Gasteiger partial charge in [-0.3, -0.25) is 4.79 Å². The summed E-state index contributed by atoms with van der Waals surface area (Å²) in [5.74, 6) is -1.41. The van der Waals surface area contributed by atoms with Crippen molar-refractivity contribution in [2.45, 2.75) is 31.6 Å². The SMILES string of the molecule is Cc1ccc(-n2nc(C(=O)O)c(C)c2Oc2ccc(NC(=O)C3CC3)cc2S(=O)(=O)N2CCOCC2)cc1. The average molecular weight is 541 g/mol. The fraction of sp³-hybridized carbons (Fsp3) is 0.346. The van der Waals surface area contributed by atoms with Crippen molar-refractivity contribution in [2.24, 2.45) is 5.92 Å². The van der Waals surface area contributed by atoms with Crippen molar-refractivity contribution in [1.82, 2.24) is 14.1 Å². The van der Waals surface area contributed by atoms with E-state index >= 15 is 0 Å². The fourth-order valence-electron chi connectivity index (χ4n) is 4.16. The van der Waals surface area contributed by atoms with E-state index in [1.807, 2.05) is 19.1 Å². The van der Waals surface area contributed by atoms with Gasteiger partial charge in [0.15, 0.2) is 5.69 Å². The van der Waals surface area contributed by atoms with Gasteiger partial charge in [0.05, 0.1) is 18.9 Å². The second-order valence-electron chi connectivity index (χ2n) is 9.37. The maximum absolute atomic E-state index is 13.7. The Morgan fingerprint density at radius 3 is 2.39 bits per heavy atom. The van der Waals surface area contributed by atoms with Crippen LogP contribution < -0.4 is 10.1 Å². The zero-order chi connectivity index (χ0) is 27.0. The van der Waals surface area contributed by atoms with Crippen LogP contribution in [0.25, 0.3) is 5.69 Å². The van der Waals surface area contributed by atoms with Crippen LogP contribution in [0.4, 0.5) is 5.69 Å². The smallest absolute Gasteiger partial charge is 0.356 e. The topological polar surface area (TPSA) is 140 Å². The minimum absolute atomic E-state index is 0.0192. The second kappa shape index (κ2) is 10.2. The van der Waals surface area contributed by atoms with Crippen molar-refractivity contribution in [3.05, 3.63) is 59.3 Å². The quantitative estimate of drug-likeness (QED) is 0.443. The molecule has 2 aliphatic rings. The Bertz CT molecular complexity index is 1490. The number of carboxylic acid groups (broad SMARTS) is 1. The normalized spacial score (nSPS) is 16.3. The summed E-state index contributed by atoms with van der Waals surface area (Å²) in [5.41, 5.74) is 1.90. The third-order valence-electron chi connectivity index (χ3n) is 6.50. The van der Waals surface area contributed by atoms with E-state index in [2.05, 4.69) is 10.4 Å². The molecule has 1 saturated heterocycles. The number of nitrogens with one attached hydrogen (secondary N) is 1. The number of anilines is 1. The highest BCUT2D eigenvalue weighted by Gasteiger charge is 2.33. The van der Waals surface area contributed by atoms with Crippen LogP contribution in [-0.4, -0.2) is 65.8 Å². The van der Waals surface area contributed by atoms with Gasteiger partial charge in [-0.25, -0.2) is 13.2 Å². The number of carbonyl (C=O) groups excluding carboxylic acids is 1. The molecule has 1 amide bonds. The number of ether oxygens (including phenoxy) is 2. The van der Waals surface area contributed by atoms with Gasteiger partial charge in [-0.2, -0.15) is 14.1 Å². The number of carbonyl (C=O) groups is 2. The molecule has 2 aromatic carbocycles. The molecule has 5 rings (SSSR count). The molecule has 0 radical (unpaired) electrons. The first-order chi connectivity index (χ1) is 18.1. The van der Waals surface area contributed by atoms with E-state index in [0.717, 1.165) is 18.4 Å². The molecule has 1 saturated carbocycles. The molecule has 1 aliphatic carbocycles. The summed E-state index contributed by atoms with van der Waals surface area (Å²) in [6, 6.07) is 11.6. The minimum atomic E-state index is -4.05. The standard InChI is InChI=1S/C26H28N4O7S/c1-16-3-8-20(9-4-16)30-25(17(2)23(28-30)26(32)33)37-21-10-7-19(27-24(31)18-5-6-18)15-22(21)38(34,35)29-11-13-36-14-12-29/h3-4,7-10,15,18H,5-6,11-14H2,1-2H3,(H,27,31)(H,32,33). The van der Waals surface area contributed by atoms with Crippen LogP contribution in [0, 0.1) is 19.8 Å². The molecule has 200 valence electrons. The summed E-state index contributed by atoms with van der Waals surface area (Å²) >= 11 is 0. The van der Waals surface area contributed by atoms with Gasteiger partial charge in [0.25, 0.3) is 0 Å². The predicted octanol–water partition coefficient (Wildman–Crippen LogP) is 3.35. The van der Waals surface area contributed by atoms with E-state index in [1.165, 1.54) is 21.1 Å². The third-order valence-corrected chi connectivity index (χ3v) is 8.42. The van der Waals surface area contributed by atoms with Gasteiger partial charge in [0.2, 0.25) is 21.8 Å². The van der Waals surface area contributed by atoms with E-state index < -0.39 is 16.0 Å². The zero-order valence-corrected chi connectivity index (χ0v) is 21.8. The number of aromatic carboxylic acids is 1. The van der Waals surface area contributed by atoms with Crippen LogP contribution in [0.1, 0.15) is 34.5 Å². The lowest BCUT2D eigenvalue weighted by atomic mass is 10.2.